The Morgan fingerprint density at radius 2 is 1.94 bits per heavy atom. The second-order valence-corrected chi connectivity index (χ2v) is 5.13. The van der Waals surface area contributed by atoms with Crippen molar-refractivity contribution in [3.05, 3.63) is 36.0 Å². The highest BCUT2D eigenvalue weighted by Gasteiger charge is 2.14. The van der Waals surface area contributed by atoms with Gasteiger partial charge in [-0.05, 0) is 37.6 Å². The van der Waals surface area contributed by atoms with Crippen molar-refractivity contribution in [2.45, 2.75) is 25.2 Å². The molecule has 0 aliphatic heterocycles. The van der Waals surface area contributed by atoms with Crippen LogP contribution in [0.15, 0.2) is 40.9 Å². The van der Waals surface area contributed by atoms with E-state index in [0.717, 1.165) is 0 Å². The standard InChI is InChI=1S/C12H17NO3S/c1-4-10(5-2)13-17(14,15)12-8-6-11(16-3)7-9-12/h4,6-9,13H,5H2,1-3H3/b10-4-. The minimum atomic E-state index is -3.48. The number of hydrogen-bond donors (Lipinski definition) is 1. The summed E-state index contributed by atoms with van der Waals surface area (Å²) in [4.78, 5) is 0.228. The van der Waals surface area contributed by atoms with E-state index in [0.29, 0.717) is 17.9 Å². The molecule has 1 aromatic rings. The van der Waals surface area contributed by atoms with E-state index in [2.05, 4.69) is 4.72 Å². The molecule has 0 radical (unpaired) electrons. The molecule has 0 atom stereocenters. The first kappa shape index (κ1) is 13.6. The lowest BCUT2D eigenvalue weighted by atomic mass is 10.3. The Labute approximate surface area is 102 Å². The molecule has 1 N–H and O–H groups in total. The fraction of sp³-hybridized carbons (Fsp3) is 0.333. The van der Waals surface area contributed by atoms with Gasteiger partial charge in [-0.1, -0.05) is 13.0 Å². The van der Waals surface area contributed by atoms with Crippen LogP contribution in [-0.4, -0.2) is 15.5 Å². The summed E-state index contributed by atoms with van der Waals surface area (Å²) < 4.78 is 31.5. The van der Waals surface area contributed by atoms with Crippen molar-refractivity contribution >= 4 is 10.0 Å². The zero-order valence-electron chi connectivity index (χ0n) is 10.2. The zero-order valence-corrected chi connectivity index (χ0v) is 11.0. The summed E-state index contributed by atoms with van der Waals surface area (Å²) in [6.45, 7) is 3.70. The molecule has 0 aromatic heterocycles. The molecule has 4 nitrogen and oxygen atoms in total. The number of hydrogen-bond acceptors (Lipinski definition) is 3. The number of sulfonamides is 1. The maximum atomic E-state index is 12.0. The predicted octanol–water partition coefficient (Wildman–Crippen LogP) is 2.29. The van der Waals surface area contributed by atoms with Gasteiger partial charge in [0.2, 0.25) is 0 Å². The van der Waals surface area contributed by atoms with Crippen LogP contribution in [0.25, 0.3) is 0 Å². The van der Waals surface area contributed by atoms with E-state index in [-0.39, 0.29) is 4.90 Å². The third-order valence-electron chi connectivity index (χ3n) is 2.36. The number of rotatable bonds is 5. The largest absolute Gasteiger partial charge is 0.497 e. The molecule has 5 heteroatoms. The summed E-state index contributed by atoms with van der Waals surface area (Å²) in [6.07, 6.45) is 2.40. The van der Waals surface area contributed by atoms with Gasteiger partial charge in [0.05, 0.1) is 12.0 Å². The van der Waals surface area contributed by atoms with Gasteiger partial charge in [-0.2, -0.15) is 0 Å². The third kappa shape index (κ3) is 3.49. The van der Waals surface area contributed by atoms with Gasteiger partial charge >= 0.3 is 0 Å². The summed E-state index contributed by atoms with van der Waals surface area (Å²) >= 11 is 0. The topological polar surface area (TPSA) is 55.4 Å². The smallest absolute Gasteiger partial charge is 0.261 e. The van der Waals surface area contributed by atoms with Crippen LogP contribution in [0.3, 0.4) is 0 Å². The number of allylic oxidation sites excluding steroid dienone is 2. The monoisotopic (exact) mass is 255 g/mol. The number of ether oxygens (including phenoxy) is 1. The Morgan fingerprint density at radius 1 is 1.35 bits per heavy atom. The van der Waals surface area contributed by atoms with Crippen LogP contribution in [0.5, 0.6) is 5.75 Å². The van der Waals surface area contributed by atoms with Gasteiger partial charge in [0.25, 0.3) is 10.0 Å². The first-order valence-electron chi connectivity index (χ1n) is 5.35. The molecule has 0 unspecified atom stereocenters. The molecular weight excluding hydrogens is 238 g/mol. The van der Waals surface area contributed by atoms with Crippen molar-refractivity contribution in [1.82, 2.24) is 4.72 Å². The van der Waals surface area contributed by atoms with Gasteiger partial charge in [0.1, 0.15) is 5.75 Å². The van der Waals surface area contributed by atoms with E-state index in [4.69, 9.17) is 4.74 Å². The second-order valence-electron chi connectivity index (χ2n) is 3.45. The fourth-order valence-corrected chi connectivity index (χ4v) is 2.54. The summed E-state index contributed by atoms with van der Waals surface area (Å²) in [5, 5.41) is 0. The Bertz CT molecular complexity index is 489. The highest BCUT2D eigenvalue weighted by molar-refractivity contribution is 7.89. The molecule has 0 amide bonds. The Morgan fingerprint density at radius 3 is 2.35 bits per heavy atom. The molecule has 94 valence electrons. The van der Waals surface area contributed by atoms with Crippen LogP contribution in [0.4, 0.5) is 0 Å². The molecule has 0 saturated carbocycles. The van der Waals surface area contributed by atoms with Crippen molar-refractivity contribution in [3.8, 4) is 5.75 Å². The molecule has 0 fully saturated rings. The zero-order chi connectivity index (χ0) is 12.9. The first-order valence-corrected chi connectivity index (χ1v) is 6.84. The molecule has 1 rings (SSSR count). The van der Waals surface area contributed by atoms with E-state index in [1.807, 2.05) is 6.92 Å². The summed E-state index contributed by atoms with van der Waals surface area (Å²) in [7, 11) is -1.94. The van der Waals surface area contributed by atoms with Crippen LogP contribution < -0.4 is 9.46 Å². The quantitative estimate of drug-likeness (QED) is 0.878. The summed E-state index contributed by atoms with van der Waals surface area (Å²) in [5.74, 6) is 0.630. The van der Waals surface area contributed by atoms with Crippen molar-refractivity contribution in [3.63, 3.8) is 0 Å². The average molecular weight is 255 g/mol. The number of methoxy groups -OCH3 is 1. The molecular formula is C12H17NO3S. The Balaban J connectivity index is 2.97. The van der Waals surface area contributed by atoms with E-state index < -0.39 is 10.0 Å². The maximum Gasteiger partial charge on any atom is 0.261 e. The van der Waals surface area contributed by atoms with Crippen LogP contribution >= 0.6 is 0 Å². The molecule has 0 aliphatic rings. The molecule has 1 aromatic carbocycles. The SMILES string of the molecule is C/C=C(/CC)NS(=O)(=O)c1ccc(OC)cc1. The lowest BCUT2D eigenvalue weighted by Gasteiger charge is -2.10. The van der Waals surface area contributed by atoms with Gasteiger partial charge in [-0.3, -0.25) is 4.72 Å². The Kier molecular flexibility index (Phi) is 4.57. The number of nitrogens with one attached hydrogen (secondary N) is 1. The first-order chi connectivity index (χ1) is 8.03. The third-order valence-corrected chi connectivity index (χ3v) is 3.79. The maximum absolute atomic E-state index is 12.0. The van der Waals surface area contributed by atoms with Crippen molar-refractivity contribution in [2.24, 2.45) is 0 Å². The van der Waals surface area contributed by atoms with Gasteiger partial charge in [-0.25, -0.2) is 8.42 Å². The average Bonchev–Trinajstić information content (AvgIpc) is 2.36. The Hall–Kier alpha value is -1.49. The lowest BCUT2D eigenvalue weighted by molar-refractivity contribution is 0.414. The van der Waals surface area contributed by atoms with Crippen LogP contribution in [0.2, 0.25) is 0 Å². The molecule has 0 spiro atoms. The highest BCUT2D eigenvalue weighted by atomic mass is 32.2. The summed E-state index contributed by atoms with van der Waals surface area (Å²) in [6, 6.07) is 6.28. The van der Waals surface area contributed by atoms with Crippen LogP contribution in [0, 0.1) is 0 Å². The highest BCUT2D eigenvalue weighted by Crippen LogP contribution is 2.16. The van der Waals surface area contributed by atoms with Crippen LogP contribution in [0.1, 0.15) is 20.3 Å². The lowest BCUT2D eigenvalue weighted by Crippen LogP contribution is -2.22. The molecule has 0 saturated heterocycles. The minimum absolute atomic E-state index is 0.228. The van der Waals surface area contributed by atoms with Gasteiger partial charge in [0, 0.05) is 5.70 Å². The molecule has 0 heterocycles. The van der Waals surface area contributed by atoms with Crippen molar-refractivity contribution in [2.75, 3.05) is 7.11 Å². The van der Waals surface area contributed by atoms with E-state index in [9.17, 15) is 8.42 Å². The van der Waals surface area contributed by atoms with E-state index in [1.54, 1.807) is 25.1 Å². The van der Waals surface area contributed by atoms with E-state index in [1.165, 1.54) is 19.2 Å². The van der Waals surface area contributed by atoms with Gasteiger partial charge in [0.15, 0.2) is 0 Å². The van der Waals surface area contributed by atoms with E-state index >= 15 is 0 Å². The normalized spacial score (nSPS) is 12.3. The van der Waals surface area contributed by atoms with Crippen molar-refractivity contribution in [1.29, 1.82) is 0 Å². The number of benzene rings is 1. The van der Waals surface area contributed by atoms with Crippen molar-refractivity contribution < 1.29 is 13.2 Å². The van der Waals surface area contributed by atoms with Gasteiger partial charge < -0.3 is 4.74 Å². The predicted molar refractivity (Wildman–Crippen MR) is 67.4 cm³/mol. The van der Waals surface area contributed by atoms with Crippen LogP contribution in [-0.2, 0) is 10.0 Å². The summed E-state index contributed by atoms with van der Waals surface area (Å²) in [5.41, 5.74) is 0.681. The molecule has 17 heavy (non-hydrogen) atoms. The minimum Gasteiger partial charge on any atom is -0.497 e. The molecule has 0 aliphatic carbocycles. The second kappa shape index (κ2) is 5.72. The van der Waals surface area contributed by atoms with Gasteiger partial charge in [-0.15, -0.1) is 0 Å². The molecule has 0 bridgehead atoms. The fourth-order valence-electron chi connectivity index (χ4n) is 1.32.